The van der Waals surface area contributed by atoms with E-state index in [1.54, 1.807) is 6.92 Å². The van der Waals surface area contributed by atoms with Crippen LogP contribution in [0, 0.1) is 0 Å². The molecule has 0 aromatic heterocycles. The minimum Gasteiger partial charge on any atom is -0.478 e. The van der Waals surface area contributed by atoms with Crippen molar-refractivity contribution in [3.8, 4) is 0 Å². The zero-order valence-electron chi connectivity index (χ0n) is 26.5. The SMILES string of the molecule is CCC(OC(=O)CC(OC(=O)CC(OC(C)=O)C(=O)OCCCCCC1CCSS1)C(=O)O)C(=O)OCCCCCC1CCSS1. The summed E-state index contributed by atoms with van der Waals surface area (Å²) < 4.78 is 25.3. The van der Waals surface area contributed by atoms with Crippen molar-refractivity contribution in [2.75, 3.05) is 24.7 Å². The molecule has 0 amide bonds. The first-order valence-electron chi connectivity index (χ1n) is 15.8. The van der Waals surface area contributed by atoms with Crippen LogP contribution in [0.1, 0.15) is 97.3 Å². The van der Waals surface area contributed by atoms with E-state index in [0.717, 1.165) is 45.4 Å². The van der Waals surface area contributed by atoms with Crippen molar-refractivity contribution in [3.63, 3.8) is 0 Å². The van der Waals surface area contributed by atoms with Crippen molar-refractivity contribution in [3.05, 3.63) is 0 Å². The number of rotatable bonds is 23. The quantitative estimate of drug-likeness (QED) is 0.0603. The number of carbonyl (C=O) groups excluding carboxylic acids is 5. The minimum atomic E-state index is -1.96. The third kappa shape index (κ3) is 17.4. The Kier molecular flexibility index (Phi) is 20.7. The van der Waals surface area contributed by atoms with Crippen LogP contribution in [0.4, 0.5) is 0 Å². The predicted octanol–water partition coefficient (Wildman–Crippen LogP) is 5.53. The summed E-state index contributed by atoms with van der Waals surface area (Å²) in [4.78, 5) is 73.1. The molecule has 0 aromatic rings. The van der Waals surface area contributed by atoms with Gasteiger partial charge in [0.15, 0.2) is 6.10 Å². The van der Waals surface area contributed by atoms with Gasteiger partial charge in [0, 0.05) is 28.9 Å². The van der Waals surface area contributed by atoms with E-state index in [9.17, 15) is 33.9 Å². The lowest BCUT2D eigenvalue weighted by Crippen LogP contribution is -2.36. The molecule has 2 aliphatic heterocycles. The summed E-state index contributed by atoms with van der Waals surface area (Å²) in [7, 11) is 7.61. The molecule has 5 atom stereocenters. The second-order valence-electron chi connectivity index (χ2n) is 10.9. The molecule has 0 aliphatic carbocycles. The van der Waals surface area contributed by atoms with Crippen LogP contribution in [-0.4, -0.2) is 94.5 Å². The van der Waals surface area contributed by atoms with Gasteiger partial charge in [-0.2, -0.15) is 0 Å². The van der Waals surface area contributed by atoms with Gasteiger partial charge in [-0.15, -0.1) is 0 Å². The second-order valence-corrected chi connectivity index (χ2v) is 16.5. The fourth-order valence-corrected chi connectivity index (χ4v) is 10.6. The Morgan fingerprint density at radius 1 is 0.674 bits per heavy atom. The van der Waals surface area contributed by atoms with Crippen molar-refractivity contribution < 1.29 is 57.6 Å². The fraction of sp³-hybridized carbons (Fsp3) is 0.800. The molecule has 2 saturated heterocycles. The number of carbonyl (C=O) groups is 6. The average Bonchev–Trinajstić information content (AvgIpc) is 3.73. The molecule has 2 rings (SSSR count). The van der Waals surface area contributed by atoms with Gasteiger partial charge in [-0.25, -0.2) is 14.4 Å². The highest BCUT2D eigenvalue weighted by Gasteiger charge is 2.33. The van der Waals surface area contributed by atoms with Crippen LogP contribution in [0.3, 0.4) is 0 Å². The molecule has 0 spiro atoms. The summed E-state index contributed by atoms with van der Waals surface area (Å²) in [5, 5.41) is 10.9. The van der Waals surface area contributed by atoms with Crippen LogP contribution in [-0.2, 0) is 52.5 Å². The van der Waals surface area contributed by atoms with Crippen molar-refractivity contribution in [1.29, 1.82) is 0 Å². The van der Waals surface area contributed by atoms with Crippen LogP contribution in [0.5, 0.6) is 0 Å². The number of hydrogen-bond donors (Lipinski definition) is 1. The van der Waals surface area contributed by atoms with Gasteiger partial charge in [-0.05, 0) is 44.9 Å². The van der Waals surface area contributed by atoms with Gasteiger partial charge in [0.25, 0.3) is 0 Å². The fourth-order valence-electron chi connectivity index (χ4n) is 4.53. The molecule has 2 aliphatic rings. The van der Waals surface area contributed by atoms with E-state index in [4.69, 9.17) is 23.7 Å². The van der Waals surface area contributed by atoms with Crippen LogP contribution in [0.15, 0.2) is 0 Å². The van der Waals surface area contributed by atoms with E-state index in [2.05, 4.69) is 0 Å². The van der Waals surface area contributed by atoms with Crippen LogP contribution in [0.2, 0.25) is 0 Å². The molecule has 46 heavy (non-hydrogen) atoms. The summed E-state index contributed by atoms with van der Waals surface area (Å²) in [5.41, 5.74) is 0. The Hall–Kier alpha value is -1.78. The summed E-state index contributed by atoms with van der Waals surface area (Å²) in [6.07, 6.45) is 3.27. The molecule has 0 radical (unpaired) electrons. The maximum Gasteiger partial charge on any atom is 0.348 e. The Morgan fingerprint density at radius 2 is 1.15 bits per heavy atom. The lowest BCUT2D eigenvalue weighted by molar-refractivity contribution is -0.178. The highest BCUT2D eigenvalue weighted by atomic mass is 33.1. The van der Waals surface area contributed by atoms with E-state index in [0.29, 0.717) is 23.3 Å². The average molecular weight is 727 g/mol. The number of ether oxygens (including phenoxy) is 5. The van der Waals surface area contributed by atoms with Crippen LogP contribution >= 0.6 is 43.2 Å². The number of hydrogen-bond acceptors (Lipinski definition) is 15. The Labute approximate surface area is 286 Å². The highest BCUT2D eigenvalue weighted by molar-refractivity contribution is 8.77. The molecule has 0 bridgehead atoms. The van der Waals surface area contributed by atoms with E-state index in [1.165, 1.54) is 24.3 Å². The van der Waals surface area contributed by atoms with E-state index < -0.39 is 67.0 Å². The molecule has 262 valence electrons. The number of esters is 5. The Balaban J connectivity index is 1.72. The highest BCUT2D eigenvalue weighted by Crippen LogP contribution is 2.40. The molecule has 12 nitrogen and oxygen atoms in total. The third-order valence-corrected chi connectivity index (χ3v) is 13.0. The number of carboxylic acid groups (broad SMARTS) is 1. The largest absolute Gasteiger partial charge is 0.478 e. The maximum absolute atomic E-state index is 12.5. The molecule has 0 saturated carbocycles. The first-order chi connectivity index (χ1) is 22.1. The molecule has 16 heteroatoms. The van der Waals surface area contributed by atoms with Gasteiger partial charge in [0.05, 0.1) is 26.1 Å². The smallest absolute Gasteiger partial charge is 0.348 e. The molecular weight excluding hydrogens is 681 g/mol. The van der Waals surface area contributed by atoms with Gasteiger partial charge in [-0.3, -0.25) is 14.4 Å². The van der Waals surface area contributed by atoms with Gasteiger partial charge in [0.2, 0.25) is 12.2 Å². The van der Waals surface area contributed by atoms with E-state index in [1.807, 2.05) is 43.2 Å². The third-order valence-electron chi connectivity index (χ3n) is 7.02. The predicted molar refractivity (Wildman–Crippen MR) is 178 cm³/mol. The number of unbranched alkanes of at least 4 members (excludes halogenated alkanes) is 4. The topological polar surface area (TPSA) is 169 Å². The van der Waals surface area contributed by atoms with Crippen molar-refractivity contribution in [1.82, 2.24) is 0 Å². The molecule has 2 fully saturated rings. The monoisotopic (exact) mass is 726 g/mol. The zero-order chi connectivity index (χ0) is 33.7. The van der Waals surface area contributed by atoms with Gasteiger partial charge in [0.1, 0.15) is 0 Å². The first-order valence-corrected chi connectivity index (χ1v) is 20.5. The molecule has 1 N–H and O–H groups in total. The molecular formula is C30H46O12S4. The number of aliphatic carboxylic acids is 1. The van der Waals surface area contributed by atoms with Gasteiger partial charge >= 0.3 is 35.8 Å². The number of carboxylic acids is 1. The van der Waals surface area contributed by atoms with E-state index in [-0.39, 0.29) is 19.6 Å². The summed E-state index contributed by atoms with van der Waals surface area (Å²) in [6, 6.07) is 0. The lowest BCUT2D eigenvalue weighted by Gasteiger charge is -2.19. The summed E-state index contributed by atoms with van der Waals surface area (Å²) >= 11 is 0. The maximum atomic E-state index is 12.5. The van der Waals surface area contributed by atoms with Crippen molar-refractivity contribution in [2.45, 2.75) is 126 Å². The Bertz CT molecular complexity index is 985. The van der Waals surface area contributed by atoms with Crippen molar-refractivity contribution in [2.24, 2.45) is 0 Å². The molecule has 0 aromatic carbocycles. The standard InChI is InChI=1S/C30H46O12S4/c1-3-23(29(36)38-14-8-4-6-10-21-12-16-43-45-21)41-26(32)18-24(28(34)35)42-27(33)19-25(40-20(2)31)30(37)39-15-9-5-7-11-22-13-17-44-46-22/h21-25H,3-19H2,1-2H3,(H,34,35). The molecule has 5 unspecified atom stereocenters. The zero-order valence-corrected chi connectivity index (χ0v) is 29.7. The first kappa shape index (κ1) is 40.4. The van der Waals surface area contributed by atoms with E-state index >= 15 is 0 Å². The second kappa shape index (κ2) is 23.5. The lowest BCUT2D eigenvalue weighted by atomic mass is 10.1. The minimum absolute atomic E-state index is 0.0712. The normalized spacial score (nSPS) is 19.4. The van der Waals surface area contributed by atoms with Crippen LogP contribution < -0.4 is 0 Å². The summed E-state index contributed by atoms with van der Waals surface area (Å²) in [6.45, 7) is 2.90. The summed E-state index contributed by atoms with van der Waals surface area (Å²) in [5.74, 6) is -4.12. The van der Waals surface area contributed by atoms with Gasteiger partial charge < -0.3 is 28.8 Å². The van der Waals surface area contributed by atoms with Crippen molar-refractivity contribution >= 4 is 79.0 Å². The molecule has 2 heterocycles. The Morgan fingerprint density at radius 3 is 1.59 bits per heavy atom. The van der Waals surface area contributed by atoms with Crippen LogP contribution in [0.25, 0.3) is 0 Å². The van der Waals surface area contributed by atoms with Gasteiger partial charge in [-0.1, -0.05) is 75.8 Å².